The van der Waals surface area contributed by atoms with Gasteiger partial charge in [0.25, 0.3) is 11.6 Å². The van der Waals surface area contributed by atoms with Crippen molar-refractivity contribution in [3.05, 3.63) is 63.7 Å². The minimum absolute atomic E-state index is 0.000429. The first-order chi connectivity index (χ1) is 14.4. The predicted octanol–water partition coefficient (Wildman–Crippen LogP) is 2.79. The van der Waals surface area contributed by atoms with Crippen molar-refractivity contribution < 1.29 is 24.0 Å². The second kappa shape index (κ2) is 9.36. The van der Waals surface area contributed by atoms with Gasteiger partial charge in [0, 0.05) is 32.0 Å². The van der Waals surface area contributed by atoms with Crippen molar-refractivity contribution in [2.45, 2.75) is 19.4 Å². The number of anilines is 2. The summed E-state index contributed by atoms with van der Waals surface area (Å²) in [6.45, 7) is 2.77. The average Bonchev–Trinajstić information content (AvgIpc) is 3.17. The van der Waals surface area contributed by atoms with E-state index >= 15 is 0 Å². The second-order valence-corrected chi connectivity index (χ2v) is 6.82. The summed E-state index contributed by atoms with van der Waals surface area (Å²) in [4.78, 5) is 37.7. The Balaban J connectivity index is 1.70. The maximum atomic E-state index is 12.8. The summed E-state index contributed by atoms with van der Waals surface area (Å²) >= 11 is 0. The van der Waals surface area contributed by atoms with E-state index in [1.54, 1.807) is 4.90 Å². The highest BCUT2D eigenvalue weighted by Crippen LogP contribution is 2.29. The quantitative estimate of drug-likeness (QED) is 0.307. The number of nitro groups is 1. The lowest BCUT2D eigenvalue weighted by atomic mass is 10.1. The Labute approximate surface area is 173 Å². The van der Waals surface area contributed by atoms with Gasteiger partial charge in [0.05, 0.1) is 17.1 Å². The maximum Gasteiger partial charge on any atom is 0.339 e. The molecule has 0 unspecified atom stereocenters. The Morgan fingerprint density at radius 1 is 1.27 bits per heavy atom. The van der Waals surface area contributed by atoms with Gasteiger partial charge in [-0.15, -0.1) is 0 Å². The predicted molar refractivity (Wildman–Crippen MR) is 111 cm³/mol. The summed E-state index contributed by atoms with van der Waals surface area (Å²) in [6.07, 6.45) is -0.283. The summed E-state index contributed by atoms with van der Waals surface area (Å²) < 4.78 is 10.2. The van der Waals surface area contributed by atoms with E-state index in [1.165, 1.54) is 26.2 Å². The fraction of sp³-hybridized carbons (Fsp3) is 0.333. The number of para-hydroxylation sites is 1. The van der Waals surface area contributed by atoms with Gasteiger partial charge in [-0.1, -0.05) is 18.2 Å². The summed E-state index contributed by atoms with van der Waals surface area (Å²) in [5.41, 5.74) is 1.89. The first-order valence-corrected chi connectivity index (χ1v) is 9.54. The number of fused-ring (bicyclic) bond motifs is 1. The van der Waals surface area contributed by atoms with Gasteiger partial charge < -0.3 is 19.7 Å². The van der Waals surface area contributed by atoms with E-state index in [2.05, 4.69) is 5.32 Å². The largest absolute Gasteiger partial charge is 0.449 e. The number of hydrogen-bond acceptors (Lipinski definition) is 7. The molecule has 2 aromatic carbocycles. The van der Waals surface area contributed by atoms with E-state index in [-0.39, 0.29) is 22.8 Å². The molecular formula is C21H23N3O6. The van der Waals surface area contributed by atoms with Crippen LogP contribution in [0.1, 0.15) is 22.8 Å². The number of carbonyl (C=O) groups is 2. The SMILES string of the molecule is COCCNc1ccc(C(=O)O[C@@H](C)C(=O)N2CCc3ccccc32)cc1[N+](=O)[O-]. The molecule has 9 heteroatoms. The van der Waals surface area contributed by atoms with Crippen LogP contribution >= 0.6 is 0 Å². The summed E-state index contributed by atoms with van der Waals surface area (Å²) in [5.74, 6) is -1.13. The molecule has 0 saturated heterocycles. The third kappa shape index (κ3) is 4.57. The van der Waals surface area contributed by atoms with E-state index in [4.69, 9.17) is 9.47 Å². The number of carbonyl (C=O) groups excluding carboxylic acids is 2. The molecule has 0 spiro atoms. The summed E-state index contributed by atoms with van der Waals surface area (Å²) in [6, 6.07) is 11.6. The molecule has 1 aliphatic rings. The van der Waals surface area contributed by atoms with Crippen molar-refractivity contribution in [1.29, 1.82) is 0 Å². The molecular weight excluding hydrogens is 390 g/mol. The zero-order valence-corrected chi connectivity index (χ0v) is 16.8. The molecule has 1 aliphatic heterocycles. The topological polar surface area (TPSA) is 111 Å². The van der Waals surface area contributed by atoms with Crippen LogP contribution in [0.5, 0.6) is 0 Å². The number of amides is 1. The molecule has 1 atom stereocenters. The van der Waals surface area contributed by atoms with Crippen LogP contribution < -0.4 is 10.2 Å². The summed E-state index contributed by atoms with van der Waals surface area (Å²) in [5, 5.41) is 14.3. The Kier molecular flexibility index (Phi) is 6.63. The van der Waals surface area contributed by atoms with Gasteiger partial charge >= 0.3 is 5.97 Å². The molecule has 0 bridgehead atoms. The number of nitrogens with one attached hydrogen (secondary N) is 1. The zero-order chi connectivity index (χ0) is 21.7. The number of methoxy groups -OCH3 is 1. The molecule has 1 amide bonds. The minimum atomic E-state index is -1.03. The average molecular weight is 413 g/mol. The molecule has 158 valence electrons. The van der Waals surface area contributed by atoms with Crippen molar-refractivity contribution in [1.82, 2.24) is 0 Å². The van der Waals surface area contributed by atoms with Gasteiger partial charge in [0.15, 0.2) is 6.10 Å². The van der Waals surface area contributed by atoms with Crippen molar-refractivity contribution in [3.8, 4) is 0 Å². The Morgan fingerprint density at radius 3 is 2.77 bits per heavy atom. The van der Waals surface area contributed by atoms with Crippen molar-refractivity contribution in [2.24, 2.45) is 0 Å². The first-order valence-electron chi connectivity index (χ1n) is 9.54. The van der Waals surface area contributed by atoms with E-state index in [0.29, 0.717) is 19.7 Å². The number of esters is 1. The summed E-state index contributed by atoms with van der Waals surface area (Å²) in [7, 11) is 1.53. The van der Waals surface area contributed by atoms with Crippen LogP contribution in [-0.4, -0.2) is 49.7 Å². The van der Waals surface area contributed by atoms with Crippen molar-refractivity contribution in [2.75, 3.05) is 37.0 Å². The molecule has 0 aliphatic carbocycles. The van der Waals surface area contributed by atoms with Gasteiger partial charge in [0.2, 0.25) is 0 Å². The number of nitro benzene ring substituents is 1. The normalized spacial score (nSPS) is 13.5. The lowest BCUT2D eigenvalue weighted by Gasteiger charge is -2.21. The van der Waals surface area contributed by atoms with Crippen molar-refractivity contribution in [3.63, 3.8) is 0 Å². The Bertz CT molecular complexity index is 962. The molecule has 1 heterocycles. The monoisotopic (exact) mass is 413 g/mol. The van der Waals surface area contributed by atoms with Crippen LogP contribution in [0.15, 0.2) is 42.5 Å². The van der Waals surface area contributed by atoms with Crippen LogP contribution in [0, 0.1) is 10.1 Å². The number of benzene rings is 2. The van der Waals surface area contributed by atoms with Gasteiger partial charge in [-0.25, -0.2) is 4.79 Å². The standard InChI is InChI=1S/C21H23N3O6/c1-14(20(25)23-11-9-15-5-3-4-6-18(15)23)30-21(26)16-7-8-17(22-10-12-29-2)19(13-16)24(27)28/h3-8,13-14,22H,9-12H2,1-2H3/t14-/m0/s1. The molecule has 0 radical (unpaired) electrons. The van der Waals surface area contributed by atoms with E-state index in [0.717, 1.165) is 23.7 Å². The number of hydrogen-bond donors (Lipinski definition) is 1. The fourth-order valence-electron chi connectivity index (χ4n) is 3.31. The van der Waals surface area contributed by atoms with Crippen LogP contribution in [-0.2, 0) is 20.7 Å². The minimum Gasteiger partial charge on any atom is -0.449 e. The third-order valence-electron chi connectivity index (χ3n) is 4.84. The first kappa shape index (κ1) is 21.3. The number of nitrogens with zero attached hydrogens (tertiary/aromatic N) is 2. The van der Waals surface area contributed by atoms with Gasteiger partial charge in [-0.2, -0.15) is 0 Å². The highest BCUT2D eigenvalue weighted by atomic mass is 16.6. The number of rotatable bonds is 8. The lowest BCUT2D eigenvalue weighted by Crippen LogP contribution is -2.39. The van der Waals surface area contributed by atoms with E-state index in [1.807, 2.05) is 24.3 Å². The molecule has 0 aromatic heterocycles. The highest BCUT2D eigenvalue weighted by molar-refractivity contribution is 6.00. The molecule has 9 nitrogen and oxygen atoms in total. The third-order valence-corrected chi connectivity index (χ3v) is 4.84. The maximum absolute atomic E-state index is 12.8. The molecule has 0 fully saturated rings. The van der Waals surface area contributed by atoms with Crippen LogP contribution in [0.4, 0.5) is 17.1 Å². The van der Waals surface area contributed by atoms with Crippen LogP contribution in [0.2, 0.25) is 0 Å². The fourth-order valence-corrected chi connectivity index (χ4v) is 3.31. The lowest BCUT2D eigenvalue weighted by molar-refractivity contribution is -0.384. The molecule has 30 heavy (non-hydrogen) atoms. The zero-order valence-electron chi connectivity index (χ0n) is 16.8. The van der Waals surface area contributed by atoms with Crippen molar-refractivity contribution >= 4 is 28.9 Å². The second-order valence-electron chi connectivity index (χ2n) is 6.82. The van der Waals surface area contributed by atoms with E-state index < -0.39 is 17.0 Å². The van der Waals surface area contributed by atoms with E-state index in [9.17, 15) is 19.7 Å². The smallest absolute Gasteiger partial charge is 0.339 e. The van der Waals surface area contributed by atoms with Gasteiger partial charge in [0.1, 0.15) is 5.69 Å². The number of ether oxygens (including phenoxy) is 2. The molecule has 1 N–H and O–H groups in total. The van der Waals surface area contributed by atoms with Gasteiger partial charge in [-0.3, -0.25) is 14.9 Å². The van der Waals surface area contributed by atoms with Gasteiger partial charge in [-0.05, 0) is 37.1 Å². The Hall–Kier alpha value is -3.46. The van der Waals surface area contributed by atoms with Crippen LogP contribution in [0.3, 0.4) is 0 Å². The van der Waals surface area contributed by atoms with Crippen LogP contribution in [0.25, 0.3) is 0 Å². The molecule has 0 saturated carbocycles. The molecule has 2 aromatic rings. The molecule has 3 rings (SSSR count). The Morgan fingerprint density at radius 2 is 2.03 bits per heavy atom. The highest BCUT2D eigenvalue weighted by Gasteiger charge is 2.30.